The Bertz CT molecular complexity index is 406. The van der Waals surface area contributed by atoms with E-state index in [4.69, 9.17) is 10.8 Å². The molecule has 1 amide bonds. The highest BCUT2D eigenvalue weighted by Gasteiger charge is 2.21. The summed E-state index contributed by atoms with van der Waals surface area (Å²) in [6.45, 7) is 2.03. The number of carbonyl (C=O) groups excluding carboxylic acids is 1. The zero-order valence-electron chi connectivity index (χ0n) is 11.0. The third-order valence-electron chi connectivity index (χ3n) is 2.79. The van der Waals surface area contributed by atoms with Gasteiger partial charge in [-0.15, -0.1) is 11.3 Å². The van der Waals surface area contributed by atoms with Crippen LogP contribution < -0.4 is 11.1 Å². The molecule has 0 fully saturated rings. The van der Waals surface area contributed by atoms with Crippen molar-refractivity contribution in [1.29, 1.82) is 0 Å². The number of nitrogens with one attached hydrogen (secondary N) is 1. The molecule has 6 heteroatoms. The third kappa shape index (κ3) is 5.40. The number of nitrogens with two attached hydrogens (primary N) is 1. The summed E-state index contributed by atoms with van der Waals surface area (Å²) in [4.78, 5) is 23.6. The van der Waals surface area contributed by atoms with Crippen LogP contribution >= 0.6 is 11.3 Å². The lowest BCUT2D eigenvalue weighted by Gasteiger charge is -2.18. The molecular weight excluding hydrogens is 264 g/mol. The van der Waals surface area contributed by atoms with Gasteiger partial charge >= 0.3 is 5.97 Å². The van der Waals surface area contributed by atoms with E-state index in [9.17, 15) is 9.59 Å². The molecule has 0 aromatic carbocycles. The second-order valence-electron chi connectivity index (χ2n) is 4.42. The van der Waals surface area contributed by atoms with Gasteiger partial charge in [-0.3, -0.25) is 9.59 Å². The van der Waals surface area contributed by atoms with Gasteiger partial charge in [-0.25, -0.2) is 0 Å². The number of carboxylic acids is 1. The molecule has 1 unspecified atom stereocenters. The largest absolute Gasteiger partial charge is 0.481 e. The van der Waals surface area contributed by atoms with Crippen molar-refractivity contribution in [3.05, 3.63) is 22.4 Å². The molecule has 19 heavy (non-hydrogen) atoms. The minimum absolute atomic E-state index is 0.132. The summed E-state index contributed by atoms with van der Waals surface area (Å²) >= 11 is 1.43. The molecule has 1 rings (SSSR count). The van der Waals surface area contributed by atoms with Crippen molar-refractivity contribution < 1.29 is 14.7 Å². The number of aliphatic carboxylic acids is 1. The van der Waals surface area contributed by atoms with Crippen molar-refractivity contribution in [3.63, 3.8) is 0 Å². The molecular formula is C13H20N2O3S. The fraction of sp³-hybridized carbons (Fsp3) is 0.538. The maximum absolute atomic E-state index is 11.9. The second-order valence-corrected chi connectivity index (χ2v) is 5.40. The van der Waals surface area contributed by atoms with Crippen LogP contribution in [0.25, 0.3) is 0 Å². The predicted molar refractivity (Wildman–Crippen MR) is 75.0 cm³/mol. The lowest BCUT2D eigenvalue weighted by molar-refractivity contribution is -0.137. The third-order valence-corrected chi connectivity index (χ3v) is 3.77. The van der Waals surface area contributed by atoms with Crippen molar-refractivity contribution in [1.82, 2.24) is 5.32 Å². The Kier molecular flexibility index (Phi) is 6.52. The molecule has 1 aromatic heterocycles. The molecule has 0 aliphatic heterocycles. The van der Waals surface area contributed by atoms with Crippen molar-refractivity contribution in [2.24, 2.45) is 5.73 Å². The first-order chi connectivity index (χ1) is 9.04. The summed E-state index contributed by atoms with van der Waals surface area (Å²) in [6, 6.07) is 2.57. The topological polar surface area (TPSA) is 92.4 Å². The number of hydrogen-bond acceptors (Lipinski definition) is 4. The van der Waals surface area contributed by atoms with E-state index in [1.165, 1.54) is 11.3 Å². The van der Waals surface area contributed by atoms with E-state index in [0.29, 0.717) is 6.42 Å². The van der Waals surface area contributed by atoms with Crippen LogP contribution in [0.2, 0.25) is 0 Å². The van der Waals surface area contributed by atoms with E-state index < -0.39 is 18.1 Å². The van der Waals surface area contributed by atoms with Gasteiger partial charge < -0.3 is 16.2 Å². The van der Waals surface area contributed by atoms with Crippen LogP contribution in [0.1, 0.15) is 43.5 Å². The molecule has 2 atom stereocenters. The van der Waals surface area contributed by atoms with Gasteiger partial charge in [0, 0.05) is 4.88 Å². The molecule has 0 spiro atoms. The van der Waals surface area contributed by atoms with Gasteiger partial charge in [0.1, 0.15) is 0 Å². The average molecular weight is 284 g/mol. The van der Waals surface area contributed by atoms with Crippen LogP contribution in [-0.4, -0.2) is 23.0 Å². The van der Waals surface area contributed by atoms with E-state index in [0.717, 1.165) is 17.7 Å². The minimum atomic E-state index is -0.944. The molecule has 0 aliphatic rings. The highest BCUT2D eigenvalue weighted by molar-refractivity contribution is 7.10. The first kappa shape index (κ1) is 15.7. The second kappa shape index (κ2) is 7.91. The number of amides is 1. The average Bonchev–Trinajstić information content (AvgIpc) is 2.88. The Balaban J connectivity index is 2.62. The zero-order valence-corrected chi connectivity index (χ0v) is 11.8. The standard InChI is InChI=1S/C13H20N2O3S/c1-2-3-5-9(14)13(18)15-10(8-12(16)17)11-6-4-7-19-11/h4,6-7,9-10H,2-3,5,8,14H2,1H3,(H,15,18)(H,16,17)/t9-,10?/m0/s1. The van der Waals surface area contributed by atoms with Gasteiger partial charge in [0.2, 0.25) is 5.91 Å². The molecule has 5 nitrogen and oxygen atoms in total. The smallest absolute Gasteiger partial charge is 0.305 e. The van der Waals surface area contributed by atoms with Gasteiger partial charge in [0.05, 0.1) is 18.5 Å². The fourth-order valence-electron chi connectivity index (χ4n) is 1.72. The number of carboxylic acid groups (broad SMARTS) is 1. The lowest BCUT2D eigenvalue weighted by atomic mass is 10.1. The Labute approximate surface area is 116 Å². The molecule has 1 aromatic rings. The number of hydrogen-bond donors (Lipinski definition) is 3. The Hall–Kier alpha value is -1.40. The molecule has 106 valence electrons. The lowest BCUT2D eigenvalue weighted by Crippen LogP contribution is -2.42. The Morgan fingerprint density at radius 1 is 1.53 bits per heavy atom. The molecule has 0 aliphatic carbocycles. The van der Waals surface area contributed by atoms with E-state index >= 15 is 0 Å². The number of unbranched alkanes of at least 4 members (excludes halogenated alkanes) is 1. The van der Waals surface area contributed by atoms with E-state index in [1.54, 1.807) is 0 Å². The van der Waals surface area contributed by atoms with Crippen LogP contribution in [-0.2, 0) is 9.59 Å². The monoisotopic (exact) mass is 284 g/mol. The maximum Gasteiger partial charge on any atom is 0.305 e. The summed E-state index contributed by atoms with van der Waals surface area (Å²) in [5, 5.41) is 13.5. The van der Waals surface area contributed by atoms with Crippen LogP contribution in [0.3, 0.4) is 0 Å². The van der Waals surface area contributed by atoms with Gasteiger partial charge in [-0.05, 0) is 17.9 Å². The van der Waals surface area contributed by atoms with E-state index in [-0.39, 0.29) is 12.3 Å². The SMILES string of the molecule is CCCC[C@H](N)C(=O)NC(CC(=O)O)c1cccs1. The van der Waals surface area contributed by atoms with Crippen molar-refractivity contribution in [2.45, 2.75) is 44.7 Å². The van der Waals surface area contributed by atoms with Crippen LogP contribution in [0.4, 0.5) is 0 Å². The highest BCUT2D eigenvalue weighted by Crippen LogP contribution is 2.22. The summed E-state index contributed by atoms with van der Waals surface area (Å²) in [5.74, 6) is -1.23. The van der Waals surface area contributed by atoms with Crippen molar-refractivity contribution >= 4 is 23.2 Å². The van der Waals surface area contributed by atoms with E-state index in [2.05, 4.69) is 5.32 Å². The van der Waals surface area contributed by atoms with Gasteiger partial charge in [-0.1, -0.05) is 25.8 Å². The Morgan fingerprint density at radius 2 is 2.26 bits per heavy atom. The first-order valence-corrected chi connectivity index (χ1v) is 7.23. The number of rotatable bonds is 8. The first-order valence-electron chi connectivity index (χ1n) is 6.35. The minimum Gasteiger partial charge on any atom is -0.481 e. The quantitative estimate of drug-likeness (QED) is 0.679. The van der Waals surface area contributed by atoms with E-state index in [1.807, 2.05) is 24.4 Å². The summed E-state index contributed by atoms with van der Waals surface area (Å²) in [5.41, 5.74) is 5.78. The molecule has 0 radical (unpaired) electrons. The summed E-state index contributed by atoms with van der Waals surface area (Å²) in [6.07, 6.45) is 2.35. The zero-order chi connectivity index (χ0) is 14.3. The normalized spacial score (nSPS) is 13.8. The maximum atomic E-state index is 11.9. The van der Waals surface area contributed by atoms with Crippen LogP contribution in [0.5, 0.6) is 0 Å². The fourth-order valence-corrected chi connectivity index (χ4v) is 2.50. The predicted octanol–water partition coefficient (Wildman–Crippen LogP) is 1.90. The van der Waals surface area contributed by atoms with Gasteiger partial charge in [-0.2, -0.15) is 0 Å². The molecule has 1 heterocycles. The molecule has 0 saturated heterocycles. The van der Waals surface area contributed by atoms with Crippen molar-refractivity contribution in [2.75, 3.05) is 0 Å². The van der Waals surface area contributed by atoms with Crippen molar-refractivity contribution in [3.8, 4) is 0 Å². The Morgan fingerprint density at radius 3 is 2.79 bits per heavy atom. The molecule has 0 bridgehead atoms. The molecule has 4 N–H and O–H groups in total. The summed E-state index contributed by atoms with van der Waals surface area (Å²) < 4.78 is 0. The van der Waals surface area contributed by atoms with Gasteiger partial charge in [0.15, 0.2) is 0 Å². The van der Waals surface area contributed by atoms with Gasteiger partial charge in [0.25, 0.3) is 0 Å². The number of thiophene rings is 1. The number of carbonyl (C=O) groups is 2. The molecule has 0 saturated carbocycles. The van der Waals surface area contributed by atoms with Crippen LogP contribution in [0, 0.1) is 0 Å². The highest BCUT2D eigenvalue weighted by atomic mass is 32.1. The summed E-state index contributed by atoms with van der Waals surface area (Å²) in [7, 11) is 0. The van der Waals surface area contributed by atoms with Crippen LogP contribution in [0.15, 0.2) is 17.5 Å².